The van der Waals surface area contributed by atoms with E-state index in [2.05, 4.69) is 6.92 Å². The minimum absolute atomic E-state index is 0.00585. The van der Waals surface area contributed by atoms with Crippen molar-refractivity contribution in [3.8, 4) is 0 Å². The molecule has 0 aromatic heterocycles. The second-order valence-corrected chi connectivity index (χ2v) is 8.30. The first-order chi connectivity index (χ1) is 12.2. The highest BCUT2D eigenvalue weighted by Gasteiger charge is 2.63. The minimum atomic E-state index is -1.37. The Morgan fingerprint density at radius 2 is 1.92 bits per heavy atom. The molecule has 1 saturated carbocycles. The SMILES string of the molecule is CCOC(=O)COC1O[C@@H]2OC(C)(O)CCC3[C@H](C)CCC([C@H]1C)[C@]32O. The molecular formula is C19H32O7. The van der Waals surface area contributed by atoms with Crippen LogP contribution in [0.3, 0.4) is 0 Å². The number of ether oxygens (including phenoxy) is 4. The van der Waals surface area contributed by atoms with E-state index in [4.69, 9.17) is 18.9 Å². The number of carbonyl (C=O) groups excluding carboxylic acids is 1. The Balaban J connectivity index is 1.83. The molecule has 3 aliphatic rings. The highest BCUT2D eigenvalue weighted by Crippen LogP contribution is 2.55. The van der Waals surface area contributed by atoms with E-state index in [0.29, 0.717) is 25.4 Å². The molecule has 0 amide bonds. The van der Waals surface area contributed by atoms with Crippen molar-refractivity contribution in [1.82, 2.24) is 0 Å². The molecule has 26 heavy (non-hydrogen) atoms. The van der Waals surface area contributed by atoms with E-state index in [-0.39, 0.29) is 24.4 Å². The first kappa shape index (κ1) is 20.0. The van der Waals surface area contributed by atoms with E-state index in [1.54, 1.807) is 13.8 Å². The van der Waals surface area contributed by atoms with Crippen molar-refractivity contribution in [2.75, 3.05) is 13.2 Å². The Morgan fingerprint density at radius 3 is 2.62 bits per heavy atom. The summed E-state index contributed by atoms with van der Waals surface area (Å²) in [6.07, 6.45) is 1.28. The van der Waals surface area contributed by atoms with Crippen molar-refractivity contribution in [3.05, 3.63) is 0 Å². The molecule has 2 aliphatic heterocycles. The van der Waals surface area contributed by atoms with E-state index in [1.165, 1.54) is 0 Å². The fraction of sp³-hybridized carbons (Fsp3) is 0.947. The summed E-state index contributed by atoms with van der Waals surface area (Å²) in [5.41, 5.74) is -1.17. The van der Waals surface area contributed by atoms with E-state index in [0.717, 1.165) is 12.8 Å². The Morgan fingerprint density at radius 1 is 1.19 bits per heavy atom. The number of carbonyl (C=O) groups is 1. The zero-order chi connectivity index (χ0) is 19.1. The van der Waals surface area contributed by atoms with Crippen LogP contribution >= 0.6 is 0 Å². The average Bonchev–Trinajstić information content (AvgIpc) is 2.65. The first-order valence-corrected chi connectivity index (χ1v) is 9.74. The number of esters is 1. The van der Waals surface area contributed by atoms with E-state index in [1.807, 2.05) is 6.92 Å². The van der Waals surface area contributed by atoms with Crippen molar-refractivity contribution < 1.29 is 34.0 Å². The van der Waals surface area contributed by atoms with Gasteiger partial charge in [0.2, 0.25) is 0 Å². The molecule has 0 aromatic rings. The molecule has 7 heteroatoms. The molecule has 0 radical (unpaired) electrons. The summed E-state index contributed by atoms with van der Waals surface area (Å²) < 4.78 is 22.3. The van der Waals surface area contributed by atoms with Gasteiger partial charge in [-0.2, -0.15) is 0 Å². The van der Waals surface area contributed by atoms with Gasteiger partial charge in [0.15, 0.2) is 18.4 Å². The van der Waals surface area contributed by atoms with Crippen LogP contribution in [0.2, 0.25) is 0 Å². The minimum Gasteiger partial charge on any atom is -0.464 e. The summed E-state index contributed by atoms with van der Waals surface area (Å²) in [6, 6.07) is 0. The monoisotopic (exact) mass is 372 g/mol. The van der Waals surface area contributed by atoms with Gasteiger partial charge >= 0.3 is 5.97 Å². The molecule has 8 atom stereocenters. The van der Waals surface area contributed by atoms with Crippen LogP contribution in [0.4, 0.5) is 0 Å². The normalized spacial score (nSPS) is 48.4. The summed E-state index contributed by atoms with van der Waals surface area (Å²) in [5, 5.41) is 22.2. The highest BCUT2D eigenvalue weighted by molar-refractivity contribution is 5.70. The third kappa shape index (κ3) is 3.52. The molecule has 0 spiro atoms. The van der Waals surface area contributed by atoms with Crippen molar-refractivity contribution in [3.63, 3.8) is 0 Å². The van der Waals surface area contributed by atoms with Crippen LogP contribution in [0.1, 0.15) is 53.4 Å². The Bertz CT molecular complexity index is 522. The van der Waals surface area contributed by atoms with Crippen LogP contribution in [0.25, 0.3) is 0 Å². The number of hydrogen-bond acceptors (Lipinski definition) is 7. The lowest BCUT2D eigenvalue weighted by molar-refractivity contribution is -0.407. The molecule has 3 fully saturated rings. The van der Waals surface area contributed by atoms with Crippen LogP contribution < -0.4 is 0 Å². The van der Waals surface area contributed by atoms with E-state index >= 15 is 0 Å². The first-order valence-electron chi connectivity index (χ1n) is 9.74. The lowest BCUT2D eigenvalue weighted by Crippen LogP contribution is -2.67. The molecule has 1 aliphatic carbocycles. The third-order valence-corrected chi connectivity index (χ3v) is 6.46. The van der Waals surface area contributed by atoms with Gasteiger partial charge in [0.05, 0.1) is 6.61 Å². The summed E-state index contributed by atoms with van der Waals surface area (Å²) >= 11 is 0. The molecule has 2 heterocycles. The lowest BCUT2D eigenvalue weighted by Gasteiger charge is -2.57. The molecule has 2 saturated heterocycles. The zero-order valence-corrected chi connectivity index (χ0v) is 16.1. The van der Waals surface area contributed by atoms with Gasteiger partial charge in [-0.15, -0.1) is 0 Å². The maximum Gasteiger partial charge on any atom is 0.332 e. The summed E-state index contributed by atoms with van der Waals surface area (Å²) in [7, 11) is 0. The van der Waals surface area contributed by atoms with Crippen LogP contribution in [0, 0.1) is 23.7 Å². The van der Waals surface area contributed by atoms with Gasteiger partial charge < -0.3 is 29.2 Å². The third-order valence-electron chi connectivity index (χ3n) is 6.46. The molecule has 7 nitrogen and oxygen atoms in total. The molecule has 3 rings (SSSR count). The highest BCUT2D eigenvalue weighted by atomic mass is 16.8. The topological polar surface area (TPSA) is 94.5 Å². The van der Waals surface area contributed by atoms with Gasteiger partial charge in [-0.05, 0) is 44.9 Å². The molecule has 0 bridgehead atoms. The van der Waals surface area contributed by atoms with Crippen LogP contribution in [-0.4, -0.2) is 53.4 Å². The number of aliphatic hydroxyl groups is 2. The lowest BCUT2D eigenvalue weighted by atomic mass is 9.58. The quantitative estimate of drug-likeness (QED) is 0.727. The van der Waals surface area contributed by atoms with Crippen molar-refractivity contribution in [2.24, 2.45) is 23.7 Å². The zero-order valence-electron chi connectivity index (χ0n) is 16.1. The van der Waals surface area contributed by atoms with E-state index in [9.17, 15) is 15.0 Å². The largest absolute Gasteiger partial charge is 0.464 e. The summed E-state index contributed by atoms with van der Waals surface area (Å²) in [4.78, 5) is 11.6. The predicted octanol–water partition coefficient (Wildman–Crippen LogP) is 1.80. The van der Waals surface area contributed by atoms with Crippen molar-refractivity contribution in [1.29, 1.82) is 0 Å². The average molecular weight is 372 g/mol. The Hall–Kier alpha value is -0.730. The second-order valence-electron chi connectivity index (χ2n) is 8.30. The van der Waals surface area contributed by atoms with Crippen molar-refractivity contribution >= 4 is 5.97 Å². The van der Waals surface area contributed by atoms with Gasteiger partial charge in [-0.1, -0.05) is 13.8 Å². The van der Waals surface area contributed by atoms with Gasteiger partial charge in [0.25, 0.3) is 0 Å². The molecular weight excluding hydrogens is 340 g/mol. The van der Waals surface area contributed by atoms with Gasteiger partial charge in [-0.3, -0.25) is 0 Å². The molecule has 4 unspecified atom stereocenters. The van der Waals surface area contributed by atoms with Crippen molar-refractivity contribution in [2.45, 2.75) is 77.3 Å². The van der Waals surface area contributed by atoms with Gasteiger partial charge in [0, 0.05) is 18.3 Å². The molecule has 0 aromatic carbocycles. The van der Waals surface area contributed by atoms with Gasteiger partial charge in [0.1, 0.15) is 12.2 Å². The van der Waals surface area contributed by atoms with E-state index < -0.39 is 29.9 Å². The smallest absolute Gasteiger partial charge is 0.332 e. The second kappa shape index (κ2) is 7.36. The molecule has 150 valence electrons. The number of rotatable bonds is 4. The molecule has 2 N–H and O–H groups in total. The maximum atomic E-state index is 11.7. The van der Waals surface area contributed by atoms with Gasteiger partial charge in [-0.25, -0.2) is 4.79 Å². The Labute approximate surface area is 154 Å². The maximum absolute atomic E-state index is 11.7. The van der Waals surface area contributed by atoms with Crippen LogP contribution in [0.15, 0.2) is 0 Å². The number of hydrogen-bond donors (Lipinski definition) is 2. The summed E-state index contributed by atoms with van der Waals surface area (Å²) in [6.45, 7) is 7.54. The van der Waals surface area contributed by atoms with Crippen LogP contribution in [0.5, 0.6) is 0 Å². The Kier molecular flexibility index (Phi) is 5.66. The predicted molar refractivity (Wildman–Crippen MR) is 91.7 cm³/mol. The standard InChI is InChI=1S/C19H32O7/c1-5-23-15(20)10-24-16-12(3)14-7-6-11(2)13-8-9-18(4,21)26-17(25-16)19(13,14)22/h11-14,16-17,21-22H,5-10H2,1-4H3/t11-,12-,13?,14?,16?,17-,18?,19-/m1/s1. The fourth-order valence-corrected chi connectivity index (χ4v) is 5.08. The fourth-order valence-electron chi connectivity index (χ4n) is 5.08. The summed E-state index contributed by atoms with van der Waals surface area (Å²) in [5.74, 6) is -1.68. The van der Waals surface area contributed by atoms with Crippen LogP contribution in [-0.2, 0) is 23.7 Å².